The van der Waals surface area contributed by atoms with Crippen molar-refractivity contribution in [3.8, 4) is 0 Å². The maximum absolute atomic E-state index is 14.1. The predicted octanol–water partition coefficient (Wildman–Crippen LogP) is 4.46. The Kier molecular flexibility index (Phi) is 6.97. The number of para-hydroxylation sites is 2. The number of carbonyl (C=O) groups excluding carboxylic acids is 3. The summed E-state index contributed by atoms with van der Waals surface area (Å²) in [5.74, 6) is 0.793. The highest BCUT2D eigenvalue weighted by Crippen LogP contribution is 2.48. The van der Waals surface area contributed by atoms with Gasteiger partial charge in [-0.15, -0.1) is 11.8 Å². The van der Waals surface area contributed by atoms with Crippen molar-refractivity contribution >= 4 is 51.5 Å². The molecular weight excluding hydrogens is 578 g/mol. The summed E-state index contributed by atoms with van der Waals surface area (Å²) < 4.78 is 8.29. The minimum atomic E-state index is -0.832. The van der Waals surface area contributed by atoms with Gasteiger partial charge in [0.1, 0.15) is 29.9 Å². The van der Waals surface area contributed by atoms with Crippen molar-refractivity contribution in [3.63, 3.8) is 0 Å². The molecule has 0 saturated carbocycles. The second kappa shape index (κ2) is 11.0. The smallest absolute Gasteiger partial charge is 0.407 e. The first kappa shape index (κ1) is 27.9. The molecule has 44 heavy (non-hydrogen) atoms. The summed E-state index contributed by atoms with van der Waals surface area (Å²) in [4.78, 5) is 59.7. The van der Waals surface area contributed by atoms with Crippen molar-refractivity contribution in [2.45, 2.75) is 30.9 Å². The van der Waals surface area contributed by atoms with E-state index in [-0.39, 0.29) is 36.9 Å². The lowest BCUT2D eigenvalue weighted by Gasteiger charge is -2.43. The fourth-order valence-corrected chi connectivity index (χ4v) is 7.48. The third-order valence-electron chi connectivity index (χ3n) is 8.37. The van der Waals surface area contributed by atoms with E-state index >= 15 is 0 Å². The Morgan fingerprint density at radius 2 is 1.73 bits per heavy atom. The molecule has 1 fully saturated rings. The van der Waals surface area contributed by atoms with Crippen LogP contribution in [0.15, 0.2) is 89.9 Å². The summed E-state index contributed by atoms with van der Waals surface area (Å²) in [6, 6.07) is 23.0. The number of ether oxygens (including phenoxy) is 1. The third-order valence-corrected chi connectivity index (χ3v) is 9.72. The summed E-state index contributed by atoms with van der Waals surface area (Å²) in [6.45, 7) is 2.32. The molecule has 222 valence electrons. The van der Waals surface area contributed by atoms with E-state index in [1.54, 1.807) is 34.7 Å². The number of fused-ring (bicyclic) bond motifs is 5. The molecule has 2 aliphatic heterocycles. The van der Waals surface area contributed by atoms with Gasteiger partial charge in [-0.3, -0.25) is 23.5 Å². The number of carbonyl (C=O) groups is 3. The highest BCUT2D eigenvalue weighted by Gasteiger charge is 2.52. The molecule has 0 radical (unpaired) electrons. The van der Waals surface area contributed by atoms with Gasteiger partial charge < -0.3 is 15.0 Å². The average molecular weight is 608 g/mol. The van der Waals surface area contributed by atoms with Gasteiger partial charge in [0, 0.05) is 30.3 Å². The topological polar surface area (TPSA) is 116 Å². The molecule has 0 bridgehead atoms. The van der Waals surface area contributed by atoms with Crippen LogP contribution in [-0.4, -0.2) is 55.8 Å². The SMILES string of the molecule is C[C@@]12SCCN1C(=O)[C@@H](Cc1cn(C(=O)CNC(=O)OCc3ccccc3)c3ccccc13)n1c2nc2ccccc2c1=O. The number of aromatic nitrogens is 3. The largest absolute Gasteiger partial charge is 0.445 e. The zero-order valence-corrected chi connectivity index (χ0v) is 24.8. The molecule has 2 atom stereocenters. The molecule has 0 aliphatic carbocycles. The minimum Gasteiger partial charge on any atom is -0.445 e. The molecule has 2 aliphatic rings. The zero-order chi connectivity index (χ0) is 30.4. The number of nitrogens with one attached hydrogen (secondary N) is 1. The lowest BCUT2D eigenvalue weighted by molar-refractivity contribution is -0.140. The molecule has 2 amide bonds. The molecule has 7 rings (SSSR count). The quantitative estimate of drug-likeness (QED) is 0.303. The van der Waals surface area contributed by atoms with E-state index in [9.17, 15) is 19.2 Å². The molecule has 0 spiro atoms. The second-order valence-corrected chi connectivity index (χ2v) is 12.5. The number of hydrogen-bond donors (Lipinski definition) is 1. The Morgan fingerprint density at radius 3 is 2.55 bits per heavy atom. The Hall–Kier alpha value is -4.90. The van der Waals surface area contributed by atoms with Crippen LogP contribution >= 0.6 is 11.8 Å². The van der Waals surface area contributed by atoms with E-state index in [0.717, 1.165) is 22.3 Å². The summed E-state index contributed by atoms with van der Waals surface area (Å²) >= 11 is 1.61. The first-order valence-corrected chi connectivity index (χ1v) is 15.4. The van der Waals surface area contributed by atoms with Gasteiger partial charge in [-0.1, -0.05) is 60.7 Å². The van der Waals surface area contributed by atoms with Crippen molar-refractivity contribution < 1.29 is 19.1 Å². The van der Waals surface area contributed by atoms with Gasteiger partial charge in [0.25, 0.3) is 11.5 Å². The summed E-state index contributed by atoms with van der Waals surface area (Å²) in [5.41, 5.74) is 2.56. The van der Waals surface area contributed by atoms with Gasteiger partial charge in [0.05, 0.1) is 16.4 Å². The fourth-order valence-electron chi connectivity index (χ4n) is 6.20. The number of nitrogens with zero attached hydrogens (tertiary/aromatic N) is 4. The second-order valence-electron chi connectivity index (χ2n) is 11.0. The first-order valence-electron chi connectivity index (χ1n) is 14.4. The molecule has 0 unspecified atom stereocenters. The minimum absolute atomic E-state index is 0.0897. The number of amides is 2. The molecule has 10 nitrogen and oxygen atoms in total. The van der Waals surface area contributed by atoms with Crippen LogP contribution in [0.2, 0.25) is 0 Å². The van der Waals surface area contributed by atoms with Crippen LogP contribution in [0.3, 0.4) is 0 Å². The number of benzene rings is 3. The van der Waals surface area contributed by atoms with Gasteiger partial charge >= 0.3 is 6.09 Å². The van der Waals surface area contributed by atoms with E-state index in [1.165, 1.54) is 4.57 Å². The van der Waals surface area contributed by atoms with Crippen LogP contribution in [0.4, 0.5) is 4.79 Å². The Morgan fingerprint density at radius 1 is 1.00 bits per heavy atom. The van der Waals surface area contributed by atoms with Crippen molar-refractivity contribution in [2.75, 3.05) is 18.8 Å². The van der Waals surface area contributed by atoms with E-state index in [1.807, 2.05) is 78.6 Å². The maximum atomic E-state index is 14.1. The number of alkyl carbamates (subject to hydrolysis) is 1. The van der Waals surface area contributed by atoms with Crippen molar-refractivity contribution in [1.82, 2.24) is 24.3 Å². The zero-order valence-electron chi connectivity index (χ0n) is 23.9. The van der Waals surface area contributed by atoms with Crippen LogP contribution in [0.1, 0.15) is 34.7 Å². The van der Waals surface area contributed by atoms with Crippen molar-refractivity contribution in [3.05, 3.63) is 112 Å². The van der Waals surface area contributed by atoms with Crippen molar-refractivity contribution in [2.24, 2.45) is 0 Å². The van der Waals surface area contributed by atoms with Gasteiger partial charge in [0.15, 0.2) is 0 Å². The van der Waals surface area contributed by atoms with Crippen LogP contribution in [0, 0.1) is 0 Å². The summed E-state index contributed by atoms with van der Waals surface area (Å²) in [6.07, 6.45) is 1.19. The summed E-state index contributed by atoms with van der Waals surface area (Å²) in [7, 11) is 0. The molecule has 2 aromatic heterocycles. The van der Waals surface area contributed by atoms with Gasteiger partial charge in [-0.05, 0) is 36.2 Å². The highest BCUT2D eigenvalue weighted by molar-refractivity contribution is 8.00. The van der Waals surface area contributed by atoms with E-state index in [0.29, 0.717) is 28.8 Å². The predicted molar refractivity (Wildman–Crippen MR) is 167 cm³/mol. The van der Waals surface area contributed by atoms with Crippen LogP contribution in [-0.2, 0) is 27.4 Å². The Balaban J connectivity index is 1.20. The molecule has 1 N–H and O–H groups in total. The first-order chi connectivity index (χ1) is 21.3. The Labute approximate surface area is 256 Å². The molecule has 5 aromatic rings. The molecule has 11 heteroatoms. The van der Waals surface area contributed by atoms with E-state index in [2.05, 4.69) is 5.32 Å². The molecule has 3 aromatic carbocycles. The summed E-state index contributed by atoms with van der Waals surface area (Å²) in [5, 5.41) is 3.77. The molecule has 1 saturated heterocycles. The maximum Gasteiger partial charge on any atom is 0.407 e. The molecule has 4 heterocycles. The van der Waals surface area contributed by atoms with Crippen LogP contribution in [0.25, 0.3) is 21.8 Å². The Bertz CT molecular complexity index is 2000. The van der Waals surface area contributed by atoms with Gasteiger partial charge in [-0.25, -0.2) is 9.78 Å². The van der Waals surface area contributed by atoms with Crippen LogP contribution < -0.4 is 10.9 Å². The molecular formula is C33H29N5O5S. The fraction of sp³-hybridized carbons (Fsp3) is 0.242. The number of rotatable bonds is 6. The lowest BCUT2D eigenvalue weighted by Crippen LogP contribution is -2.55. The average Bonchev–Trinajstić information content (AvgIpc) is 3.63. The highest BCUT2D eigenvalue weighted by atomic mass is 32.2. The third kappa shape index (κ3) is 4.64. The normalized spacial score (nSPS) is 19.2. The van der Waals surface area contributed by atoms with Crippen molar-refractivity contribution in [1.29, 1.82) is 0 Å². The number of thioether (sulfide) groups is 1. The lowest BCUT2D eigenvalue weighted by atomic mass is 9.99. The van der Waals surface area contributed by atoms with Gasteiger partial charge in [0.2, 0.25) is 5.91 Å². The number of hydrogen-bond acceptors (Lipinski definition) is 7. The van der Waals surface area contributed by atoms with Gasteiger partial charge in [-0.2, -0.15) is 0 Å². The van der Waals surface area contributed by atoms with E-state index in [4.69, 9.17) is 9.72 Å². The van der Waals surface area contributed by atoms with Crippen LogP contribution in [0.5, 0.6) is 0 Å². The monoisotopic (exact) mass is 607 g/mol. The van der Waals surface area contributed by atoms with E-state index < -0.39 is 17.0 Å². The standard InChI is InChI=1S/C33H29N5O5S/c1-33-31-35-25-13-7-5-12-24(25)29(40)38(31)27(30(41)37(33)15-16-44-33)17-22-19-36(26-14-8-6-11-23(22)26)28(39)18-34-32(42)43-20-21-9-3-2-4-10-21/h2-14,19,27H,15-18,20H2,1H3,(H,34,42)/t27-,33+/m1/s1.